The van der Waals surface area contributed by atoms with Crippen molar-refractivity contribution in [3.8, 4) is 0 Å². The topological polar surface area (TPSA) is 74.8 Å². The Morgan fingerprint density at radius 1 is 1.31 bits per heavy atom. The van der Waals surface area contributed by atoms with Crippen molar-refractivity contribution in [2.45, 2.75) is 38.3 Å². The fraction of sp³-hybridized carbons (Fsp3) is 0.579. The predicted octanol–water partition coefficient (Wildman–Crippen LogP) is 2.22. The van der Waals surface area contributed by atoms with Gasteiger partial charge in [-0.05, 0) is 25.3 Å². The predicted molar refractivity (Wildman–Crippen MR) is 114 cm³/mol. The van der Waals surface area contributed by atoms with Gasteiger partial charge in [-0.3, -0.25) is 9.79 Å². The summed E-state index contributed by atoms with van der Waals surface area (Å²) >= 11 is 0. The minimum absolute atomic E-state index is 0. The minimum atomic E-state index is 0. The Balaban J connectivity index is 0.00000243. The summed E-state index contributed by atoms with van der Waals surface area (Å²) in [4.78, 5) is 16.1. The molecule has 2 heterocycles. The molecule has 2 saturated heterocycles. The molecule has 2 aliphatic rings. The first-order chi connectivity index (χ1) is 12.3. The highest BCUT2D eigenvalue weighted by Gasteiger charge is 2.29. The van der Waals surface area contributed by atoms with Crippen LogP contribution in [-0.2, 0) is 9.53 Å². The summed E-state index contributed by atoms with van der Waals surface area (Å²) in [6.45, 7) is 5.05. The number of benzene rings is 1. The molecule has 3 rings (SSSR count). The first kappa shape index (κ1) is 21.0. The highest BCUT2D eigenvalue weighted by atomic mass is 127. The Morgan fingerprint density at radius 2 is 2.12 bits per heavy atom. The molecule has 3 N–H and O–H groups in total. The van der Waals surface area contributed by atoms with E-state index in [1.165, 1.54) is 5.56 Å². The van der Waals surface area contributed by atoms with Crippen LogP contribution in [0.2, 0.25) is 0 Å². The van der Waals surface area contributed by atoms with Crippen molar-refractivity contribution in [1.29, 1.82) is 0 Å². The third kappa shape index (κ3) is 5.84. The van der Waals surface area contributed by atoms with Crippen molar-refractivity contribution in [3.05, 3.63) is 35.9 Å². The van der Waals surface area contributed by atoms with Crippen LogP contribution < -0.4 is 16.0 Å². The first-order valence-corrected chi connectivity index (χ1v) is 9.24. The van der Waals surface area contributed by atoms with Gasteiger partial charge in [0, 0.05) is 44.6 Å². The summed E-state index contributed by atoms with van der Waals surface area (Å²) in [6, 6.07) is 10.6. The van der Waals surface area contributed by atoms with Crippen LogP contribution in [0.4, 0.5) is 0 Å². The minimum Gasteiger partial charge on any atom is -0.373 e. The summed E-state index contributed by atoms with van der Waals surface area (Å²) in [6.07, 6.45) is 2.57. The average Bonchev–Trinajstić information content (AvgIpc) is 3.11. The quantitative estimate of drug-likeness (QED) is 0.349. The van der Waals surface area contributed by atoms with E-state index in [1.807, 2.05) is 6.07 Å². The van der Waals surface area contributed by atoms with Gasteiger partial charge in [0.2, 0.25) is 5.91 Å². The van der Waals surface area contributed by atoms with Gasteiger partial charge < -0.3 is 20.7 Å². The molecular weight excluding hydrogens is 443 g/mol. The average molecular weight is 472 g/mol. The maximum atomic E-state index is 11.3. The van der Waals surface area contributed by atoms with Gasteiger partial charge in [0.25, 0.3) is 0 Å². The van der Waals surface area contributed by atoms with E-state index in [-0.39, 0.29) is 42.0 Å². The van der Waals surface area contributed by atoms with Crippen LogP contribution in [0, 0.1) is 5.92 Å². The van der Waals surface area contributed by atoms with Gasteiger partial charge in [0.15, 0.2) is 5.96 Å². The van der Waals surface area contributed by atoms with E-state index in [0.29, 0.717) is 18.9 Å². The normalized spacial score (nSPS) is 26.0. The molecule has 0 bridgehead atoms. The number of amides is 1. The zero-order valence-electron chi connectivity index (χ0n) is 15.2. The number of nitrogens with one attached hydrogen (secondary N) is 3. The lowest BCUT2D eigenvalue weighted by molar-refractivity contribution is -0.122. The zero-order chi connectivity index (χ0) is 17.5. The molecule has 0 radical (unpaired) electrons. The van der Waals surface area contributed by atoms with Crippen molar-refractivity contribution < 1.29 is 9.53 Å². The molecule has 0 aromatic heterocycles. The van der Waals surface area contributed by atoms with Crippen molar-refractivity contribution in [3.63, 3.8) is 0 Å². The standard InChI is InChI=1S/C19H28N4O2.HI/c1-2-20-19(23-16-8-9-17(24)21-13-16)22-12-15-10-11-25-18(15)14-6-4-3-5-7-14;/h3-7,15-16,18H,2,8-13H2,1H3,(H,21,24)(H2,20,22,23);1H. The lowest BCUT2D eigenvalue weighted by Crippen LogP contribution is -2.51. The van der Waals surface area contributed by atoms with E-state index in [9.17, 15) is 4.79 Å². The molecule has 26 heavy (non-hydrogen) atoms. The molecule has 0 aliphatic carbocycles. The first-order valence-electron chi connectivity index (χ1n) is 9.24. The van der Waals surface area contributed by atoms with E-state index in [4.69, 9.17) is 9.73 Å². The molecule has 0 saturated carbocycles. The number of carbonyl (C=O) groups excluding carboxylic acids is 1. The molecule has 3 unspecified atom stereocenters. The molecule has 6 nitrogen and oxygen atoms in total. The van der Waals surface area contributed by atoms with Crippen molar-refractivity contribution in [2.24, 2.45) is 10.9 Å². The number of nitrogens with zero attached hydrogens (tertiary/aromatic N) is 1. The molecule has 2 aliphatic heterocycles. The van der Waals surface area contributed by atoms with Gasteiger partial charge in [0.1, 0.15) is 0 Å². The largest absolute Gasteiger partial charge is 0.373 e. The molecule has 144 valence electrons. The van der Waals surface area contributed by atoms with Gasteiger partial charge in [-0.1, -0.05) is 30.3 Å². The van der Waals surface area contributed by atoms with Crippen LogP contribution in [0.5, 0.6) is 0 Å². The molecular formula is C19H29IN4O2. The lowest BCUT2D eigenvalue weighted by Gasteiger charge is -2.25. The Kier molecular flexibility index (Phi) is 8.64. The third-order valence-electron chi connectivity index (χ3n) is 4.78. The molecule has 3 atom stereocenters. The van der Waals surface area contributed by atoms with Crippen molar-refractivity contribution >= 4 is 35.8 Å². The Hall–Kier alpha value is -1.35. The van der Waals surface area contributed by atoms with E-state index in [0.717, 1.165) is 38.5 Å². The molecule has 2 fully saturated rings. The second kappa shape index (κ2) is 10.7. The Morgan fingerprint density at radius 3 is 2.81 bits per heavy atom. The van der Waals surface area contributed by atoms with E-state index < -0.39 is 0 Å². The molecule has 1 amide bonds. The van der Waals surface area contributed by atoms with Crippen LogP contribution in [0.3, 0.4) is 0 Å². The number of rotatable bonds is 5. The fourth-order valence-electron chi connectivity index (χ4n) is 3.41. The number of aliphatic imine (C=N–C) groups is 1. The molecule has 1 aromatic rings. The Labute approximate surface area is 172 Å². The highest BCUT2D eigenvalue weighted by molar-refractivity contribution is 14.0. The molecule has 7 heteroatoms. The summed E-state index contributed by atoms with van der Waals surface area (Å²) in [5, 5.41) is 9.65. The fourth-order valence-corrected chi connectivity index (χ4v) is 3.41. The Bertz CT molecular complexity index is 586. The number of ether oxygens (including phenoxy) is 1. The number of hydrogen-bond donors (Lipinski definition) is 3. The number of carbonyl (C=O) groups is 1. The van der Waals surface area contributed by atoms with Crippen LogP contribution in [0.1, 0.15) is 37.9 Å². The SMILES string of the molecule is CCNC(=NCC1CCOC1c1ccccc1)NC1CCC(=O)NC1.I. The number of hydrogen-bond acceptors (Lipinski definition) is 3. The second-order valence-electron chi connectivity index (χ2n) is 6.65. The highest BCUT2D eigenvalue weighted by Crippen LogP contribution is 2.34. The van der Waals surface area contributed by atoms with Gasteiger partial charge in [-0.15, -0.1) is 24.0 Å². The molecule has 1 aromatic carbocycles. The summed E-state index contributed by atoms with van der Waals surface area (Å²) in [5.74, 6) is 1.35. The monoisotopic (exact) mass is 472 g/mol. The van der Waals surface area contributed by atoms with Crippen molar-refractivity contribution in [2.75, 3.05) is 26.2 Å². The van der Waals surface area contributed by atoms with Crippen LogP contribution in [0.25, 0.3) is 0 Å². The van der Waals surface area contributed by atoms with Gasteiger partial charge in [0.05, 0.1) is 6.10 Å². The van der Waals surface area contributed by atoms with Crippen LogP contribution in [0.15, 0.2) is 35.3 Å². The smallest absolute Gasteiger partial charge is 0.220 e. The summed E-state index contributed by atoms with van der Waals surface area (Å²) in [5.41, 5.74) is 1.23. The van der Waals surface area contributed by atoms with Crippen molar-refractivity contribution in [1.82, 2.24) is 16.0 Å². The van der Waals surface area contributed by atoms with E-state index in [1.54, 1.807) is 0 Å². The van der Waals surface area contributed by atoms with Gasteiger partial charge >= 0.3 is 0 Å². The third-order valence-corrected chi connectivity index (χ3v) is 4.78. The lowest BCUT2D eigenvalue weighted by atomic mass is 9.95. The summed E-state index contributed by atoms with van der Waals surface area (Å²) < 4.78 is 5.95. The number of halogens is 1. The van der Waals surface area contributed by atoms with Gasteiger partial charge in [-0.2, -0.15) is 0 Å². The van der Waals surface area contributed by atoms with Crippen LogP contribution >= 0.6 is 24.0 Å². The maximum absolute atomic E-state index is 11.3. The summed E-state index contributed by atoms with van der Waals surface area (Å²) in [7, 11) is 0. The van der Waals surface area contributed by atoms with Gasteiger partial charge in [-0.25, -0.2) is 0 Å². The number of piperidine rings is 1. The van der Waals surface area contributed by atoms with E-state index >= 15 is 0 Å². The zero-order valence-corrected chi connectivity index (χ0v) is 17.6. The second-order valence-corrected chi connectivity index (χ2v) is 6.65. The number of guanidine groups is 1. The van der Waals surface area contributed by atoms with Crippen LogP contribution in [-0.4, -0.2) is 44.1 Å². The van der Waals surface area contributed by atoms with E-state index in [2.05, 4.69) is 47.1 Å². The maximum Gasteiger partial charge on any atom is 0.220 e. The molecule has 0 spiro atoms.